The molecule has 7 nitrogen and oxygen atoms in total. The minimum absolute atomic E-state index is 0.0879. The minimum Gasteiger partial charge on any atom is -0.507 e. The van der Waals surface area contributed by atoms with E-state index in [1.54, 1.807) is 25.1 Å². The predicted molar refractivity (Wildman–Crippen MR) is 77.8 cm³/mol. The van der Waals surface area contributed by atoms with Crippen molar-refractivity contribution in [1.29, 1.82) is 0 Å². The average Bonchev–Trinajstić information content (AvgIpc) is 2.78. The molecule has 1 heterocycles. The topological polar surface area (TPSA) is 103 Å². The van der Waals surface area contributed by atoms with E-state index >= 15 is 0 Å². The van der Waals surface area contributed by atoms with E-state index in [9.17, 15) is 14.7 Å². The van der Waals surface area contributed by atoms with Crippen molar-refractivity contribution in [3.05, 3.63) is 29.8 Å². The first kappa shape index (κ1) is 14.7. The van der Waals surface area contributed by atoms with Crippen LogP contribution in [0.3, 0.4) is 0 Å². The molecule has 2 amide bonds. The Labute approximate surface area is 121 Å². The summed E-state index contributed by atoms with van der Waals surface area (Å²) in [6, 6.07) is 6.66. The number of phenolic OH excluding ortho intramolecular Hbond substituents is 1. The van der Waals surface area contributed by atoms with Crippen LogP contribution in [0.5, 0.6) is 5.75 Å². The fraction of sp³-hybridized carbons (Fsp3) is 0.286. The van der Waals surface area contributed by atoms with Gasteiger partial charge < -0.3 is 5.11 Å². The van der Waals surface area contributed by atoms with Gasteiger partial charge in [0.25, 0.3) is 0 Å². The molecule has 1 atom stereocenters. The van der Waals surface area contributed by atoms with Crippen molar-refractivity contribution in [2.75, 3.05) is 0 Å². The van der Waals surface area contributed by atoms with Crippen LogP contribution in [0.25, 0.3) is 0 Å². The second kappa shape index (κ2) is 6.65. The summed E-state index contributed by atoms with van der Waals surface area (Å²) in [5.41, 5.74) is 5.93. The maximum absolute atomic E-state index is 11.6. The van der Waals surface area contributed by atoms with E-state index in [-0.39, 0.29) is 29.9 Å². The molecule has 0 unspecified atom stereocenters. The zero-order chi connectivity index (χ0) is 15.2. The Bertz CT molecular complexity index is 610. The highest BCUT2D eigenvalue weighted by Crippen LogP contribution is 2.14. The quantitative estimate of drug-likeness (QED) is 0.550. The number of benzene rings is 1. The van der Waals surface area contributed by atoms with Crippen LogP contribution in [-0.4, -0.2) is 28.8 Å². The molecular formula is C14H16N4O3. The molecule has 0 radical (unpaired) electrons. The van der Waals surface area contributed by atoms with Crippen molar-refractivity contribution in [2.24, 2.45) is 16.1 Å². The fourth-order valence-electron chi connectivity index (χ4n) is 1.93. The van der Waals surface area contributed by atoms with Gasteiger partial charge in [-0.1, -0.05) is 12.1 Å². The zero-order valence-corrected chi connectivity index (χ0v) is 11.5. The lowest BCUT2D eigenvalue weighted by Crippen LogP contribution is -2.25. The van der Waals surface area contributed by atoms with E-state index in [0.717, 1.165) is 0 Å². The first-order valence-electron chi connectivity index (χ1n) is 6.52. The van der Waals surface area contributed by atoms with Crippen molar-refractivity contribution in [1.82, 2.24) is 10.9 Å². The van der Waals surface area contributed by atoms with E-state index in [2.05, 4.69) is 21.1 Å². The predicted octanol–water partition coefficient (Wildman–Crippen LogP) is 0.744. The van der Waals surface area contributed by atoms with Crippen molar-refractivity contribution < 1.29 is 14.7 Å². The summed E-state index contributed by atoms with van der Waals surface area (Å²) in [5.74, 6) is -0.741. The monoisotopic (exact) mass is 288 g/mol. The fourth-order valence-corrected chi connectivity index (χ4v) is 1.93. The number of nitrogens with one attached hydrogen (secondary N) is 2. The molecule has 0 spiro atoms. The van der Waals surface area contributed by atoms with Gasteiger partial charge in [-0.05, 0) is 25.5 Å². The van der Waals surface area contributed by atoms with Gasteiger partial charge in [0, 0.05) is 17.7 Å². The third kappa shape index (κ3) is 3.88. The summed E-state index contributed by atoms with van der Waals surface area (Å²) in [7, 11) is 0. The Kier molecular flexibility index (Phi) is 4.65. The Morgan fingerprint density at radius 2 is 2.29 bits per heavy atom. The molecule has 3 N–H and O–H groups in total. The van der Waals surface area contributed by atoms with E-state index < -0.39 is 0 Å². The summed E-state index contributed by atoms with van der Waals surface area (Å²) in [6.45, 7) is 1.75. The molecule has 0 bridgehead atoms. The van der Waals surface area contributed by atoms with E-state index in [1.807, 2.05) is 0 Å². The van der Waals surface area contributed by atoms with Crippen LogP contribution in [-0.2, 0) is 9.59 Å². The smallest absolute Gasteiger partial charge is 0.248 e. The second-order valence-electron chi connectivity index (χ2n) is 4.67. The first-order valence-corrected chi connectivity index (χ1v) is 6.52. The Hall–Kier alpha value is -2.70. The van der Waals surface area contributed by atoms with Crippen LogP contribution in [0.2, 0.25) is 0 Å². The molecule has 0 saturated heterocycles. The molecule has 1 aromatic carbocycles. The molecule has 2 rings (SSSR count). The number of para-hydroxylation sites is 1. The lowest BCUT2D eigenvalue weighted by molar-refractivity contribution is -0.123. The van der Waals surface area contributed by atoms with Gasteiger partial charge in [0.15, 0.2) is 0 Å². The average molecular weight is 288 g/mol. The Morgan fingerprint density at radius 3 is 2.95 bits per heavy atom. The summed E-state index contributed by atoms with van der Waals surface area (Å²) >= 11 is 0. The number of hydrazone groups is 2. The van der Waals surface area contributed by atoms with E-state index in [1.165, 1.54) is 12.3 Å². The molecule has 110 valence electrons. The third-order valence-electron chi connectivity index (χ3n) is 3.15. The number of nitrogens with zero attached hydrogens (tertiary/aromatic N) is 2. The molecule has 1 aliphatic rings. The van der Waals surface area contributed by atoms with Crippen LogP contribution >= 0.6 is 0 Å². The lowest BCUT2D eigenvalue weighted by atomic mass is 9.99. The first-order chi connectivity index (χ1) is 10.1. The number of rotatable bonds is 5. The molecule has 1 aromatic rings. The SMILES string of the molecule is CC1=NNC(=O)[C@@H]1CCC(=O)N/N=C\c1ccccc1O. The van der Waals surface area contributed by atoms with E-state index in [4.69, 9.17) is 0 Å². The zero-order valence-electron chi connectivity index (χ0n) is 11.5. The highest BCUT2D eigenvalue weighted by molar-refractivity contribution is 6.07. The van der Waals surface area contributed by atoms with Crippen LogP contribution in [0.15, 0.2) is 34.5 Å². The molecule has 0 fully saturated rings. The minimum atomic E-state index is -0.349. The van der Waals surface area contributed by atoms with Crippen LogP contribution in [0, 0.1) is 5.92 Å². The molecule has 1 aliphatic heterocycles. The Morgan fingerprint density at radius 1 is 1.52 bits per heavy atom. The maximum Gasteiger partial charge on any atom is 0.248 e. The molecule has 0 aliphatic carbocycles. The van der Waals surface area contributed by atoms with Gasteiger partial charge in [0.1, 0.15) is 5.75 Å². The van der Waals surface area contributed by atoms with Crippen molar-refractivity contribution in [3.8, 4) is 5.75 Å². The van der Waals surface area contributed by atoms with Gasteiger partial charge >= 0.3 is 0 Å². The van der Waals surface area contributed by atoms with Gasteiger partial charge in [0.05, 0.1) is 12.1 Å². The van der Waals surface area contributed by atoms with Crippen molar-refractivity contribution >= 4 is 23.7 Å². The Balaban J connectivity index is 1.79. The lowest BCUT2D eigenvalue weighted by Gasteiger charge is -2.06. The highest BCUT2D eigenvalue weighted by Gasteiger charge is 2.26. The number of carbonyl (C=O) groups is 2. The van der Waals surface area contributed by atoms with Crippen LogP contribution in [0.4, 0.5) is 0 Å². The molecule has 0 saturated carbocycles. The number of phenols is 1. The van der Waals surface area contributed by atoms with Crippen molar-refractivity contribution in [3.63, 3.8) is 0 Å². The standard InChI is InChI=1S/C14H16N4O3/c1-9-11(14(21)18-16-9)6-7-13(20)17-15-8-10-4-2-3-5-12(10)19/h2-5,8,11,19H,6-7H2,1H3,(H,17,20)(H,18,21)/b15-8-/t11-/m1/s1. The largest absolute Gasteiger partial charge is 0.507 e. The number of aromatic hydroxyl groups is 1. The number of hydrogen-bond acceptors (Lipinski definition) is 5. The summed E-state index contributed by atoms with van der Waals surface area (Å²) in [4.78, 5) is 23.0. The molecular weight excluding hydrogens is 272 g/mol. The molecule has 0 aromatic heterocycles. The molecule has 21 heavy (non-hydrogen) atoms. The summed E-state index contributed by atoms with van der Waals surface area (Å²) in [5, 5.41) is 17.1. The van der Waals surface area contributed by atoms with Gasteiger partial charge in [0.2, 0.25) is 11.8 Å². The number of carbonyl (C=O) groups excluding carboxylic acids is 2. The normalized spacial score (nSPS) is 17.7. The van der Waals surface area contributed by atoms with Gasteiger partial charge in [-0.25, -0.2) is 10.9 Å². The van der Waals surface area contributed by atoms with Crippen LogP contribution in [0.1, 0.15) is 25.3 Å². The number of amides is 2. The van der Waals surface area contributed by atoms with Gasteiger partial charge in [-0.15, -0.1) is 0 Å². The third-order valence-corrected chi connectivity index (χ3v) is 3.15. The van der Waals surface area contributed by atoms with Gasteiger partial charge in [-0.2, -0.15) is 10.2 Å². The summed E-state index contributed by atoms with van der Waals surface area (Å²) in [6.07, 6.45) is 1.92. The van der Waals surface area contributed by atoms with Gasteiger partial charge in [-0.3, -0.25) is 9.59 Å². The number of hydrogen-bond donors (Lipinski definition) is 3. The second-order valence-corrected chi connectivity index (χ2v) is 4.67. The molecule has 7 heteroatoms. The van der Waals surface area contributed by atoms with E-state index in [0.29, 0.717) is 17.7 Å². The summed E-state index contributed by atoms with van der Waals surface area (Å²) < 4.78 is 0. The van der Waals surface area contributed by atoms with Crippen LogP contribution < -0.4 is 10.9 Å². The van der Waals surface area contributed by atoms with Crippen molar-refractivity contribution in [2.45, 2.75) is 19.8 Å². The highest BCUT2D eigenvalue weighted by atomic mass is 16.3. The maximum atomic E-state index is 11.6.